The number of aliphatic hydroxyl groups is 2. The van der Waals surface area contributed by atoms with Gasteiger partial charge in [0.1, 0.15) is 0 Å². The van der Waals surface area contributed by atoms with Crippen LogP contribution in [0.1, 0.15) is 32.1 Å². The summed E-state index contributed by atoms with van der Waals surface area (Å²) in [7, 11) is 0. The highest BCUT2D eigenvalue weighted by Gasteiger charge is 1.99. The molecule has 0 amide bonds. The minimum Gasteiger partial charge on any atom is -0.389 e. The molecular formula is C11H20O2. The third kappa shape index (κ3) is 7.75. The van der Waals surface area contributed by atoms with E-state index in [0.717, 1.165) is 32.1 Å². The molecule has 0 aromatic carbocycles. The van der Waals surface area contributed by atoms with Crippen LogP contribution in [0.5, 0.6) is 0 Å². The van der Waals surface area contributed by atoms with Crippen molar-refractivity contribution < 1.29 is 10.2 Å². The van der Waals surface area contributed by atoms with Gasteiger partial charge in [0, 0.05) is 0 Å². The molecule has 0 saturated heterocycles. The molecule has 2 nitrogen and oxygen atoms in total. The molecule has 2 unspecified atom stereocenters. The zero-order valence-corrected chi connectivity index (χ0v) is 8.15. The number of rotatable bonds is 8. The molecule has 0 bridgehead atoms. The molecule has 13 heavy (non-hydrogen) atoms. The van der Waals surface area contributed by atoms with Gasteiger partial charge in [0.15, 0.2) is 0 Å². The van der Waals surface area contributed by atoms with Crippen molar-refractivity contribution in [2.75, 3.05) is 0 Å². The zero-order chi connectivity index (χ0) is 10.1. The maximum absolute atomic E-state index is 9.13. The molecule has 2 heteroatoms. The van der Waals surface area contributed by atoms with Crippen molar-refractivity contribution in [3.8, 4) is 0 Å². The average molecular weight is 184 g/mol. The van der Waals surface area contributed by atoms with E-state index in [1.807, 2.05) is 0 Å². The fourth-order valence-electron chi connectivity index (χ4n) is 1.12. The van der Waals surface area contributed by atoms with Crippen LogP contribution in [0.25, 0.3) is 0 Å². The van der Waals surface area contributed by atoms with E-state index in [1.165, 1.54) is 0 Å². The molecule has 0 radical (unpaired) electrons. The third-order valence-electron chi connectivity index (χ3n) is 2.04. The van der Waals surface area contributed by atoms with Gasteiger partial charge in [0.05, 0.1) is 12.2 Å². The summed E-state index contributed by atoms with van der Waals surface area (Å²) in [5.41, 5.74) is 0. The van der Waals surface area contributed by atoms with E-state index >= 15 is 0 Å². The van der Waals surface area contributed by atoms with Crippen molar-refractivity contribution in [1.82, 2.24) is 0 Å². The van der Waals surface area contributed by atoms with Gasteiger partial charge in [-0.3, -0.25) is 0 Å². The summed E-state index contributed by atoms with van der Waals surface area (Å²) in [4.78, 5) is 0. The van der Waals surface area contributed by atoms with E-state index in [1.54, 1.807) is 12.2 Å². The van der Waals surface area contributed by atoms with Gasteiger partial charge in [-0.1, -0.05) is 31.4 Å². The molecular weight excluding hydrogens is 164 g/mol. The van der Waals surface area contributed by atoms with Crippen LogP contribution in [0.4, 0.5) is 0 Å². The Morgan fingerprint density at radius 1 is 0.846 bits per heavy atom. The van der Waals surface area contributed by atoms with E-state index in [2.05, 4.69) is 13.2 Å². The lowest BCUT2D eigenvalue weighted by molar-refractivity contribution is 0.199. The van der Waals surface area contributed by atoms with Crippen LogP contribution in [0.3, 0.4) is 0 Å². The second-order valence-corrected chi connectivity index (χ2v) is 3.24. The Balaban J connectivity index is 3.16. The fourth-order valence-corrected chi connectivity index (χ4v) is 1.12. The molecule has 0 aromatic heterocycles. The molecule has 2 N–H and O–H groups in total. The Labute approximate surface area is 80.6 Å². The lowest BCUT2D eigenvalue weighted by atomic mass is 10.1. The molecule has 2 atom stereocenters. The van der Waals surface area contributed by atoms with E-state index in [0.29, 0.717) is 0 Å². The summed E-state index contributed by atoms with van der Waals surface area (Å²) >= 11 is 0. The molecule has 76 valence electrons. The van der Waals surface area contributed by atoms with Gasteiger partial charge in [-0.05, 0) is 12.8 Å². The van der Waals surface area contributed by atoms with Crippen molar-refractivity contribution in [1.29, 1.82) is 0 Å². The van der Waals surface area contributed by atoms with Crippen molar-refractivity contribution in [2.45, 2.75) is 44.3 Å². The number of hydrogen-bond donors (Lipinski definition) is 2. The van der Waals surface area contributed by atoms with Crippen LogP contribution in [0.15, 0.2) is 25.3 Å². The first-order valence-corrected chi connectivity index (χ1v) is 4.82. The second-order valence-electron chi connectivity index (χ2n) is 3.24. The van der Waals surface area contributed by atoms with Crippen LogP contribution in [0.2, 0.25) is 0 Å². The Hall–Kier alpha value is -0.600. The fraction of sp³-hybridized carbons (Fsp3) is 0.636. The predicted octanol–water partition coefficient (Wildman–Crippen LogP) is 2.03. The quantitative estimate of drug-likeness (QED) is 0.447. The van der Waals surface area contributed by atoms with Gasteiger partial charge < -0.3 is 10.2 Å². The Morgan fingerprint density at radius 3 is 1.54 bits per heavy atom. The summed E-state index contributed by atoms with van der Waals surface area (Å²) in [5.74, 6) is 0. The third-order valence-corrected chi connectivity index (χ3v) is 2.04. The zero-order valence-electron chi connectivity index (χ0n) is 8.15. The average Bonchev–Trinajstić information content (AvgIpc) is 2.16. The standard InChI is InChI=1S/C11H20O2/c1-3-10(12)8-6-5-7-9-11(13)4-2/h3-4,10-13H,1-2,5-9H2. The highest BCUT2D eigenvalue weighted by atomic mass is 16.3. The summed E-state index contributed by atoms with van der Waals surface area (Å²) in [6, 6.07) is 0. The molecule has 0 rings (SSSR count). The van der Waals surface area contributed by atoms with Crippen LogP contribution < -0.4 is 0 Å². The highest BCUT2D eigenvalue weighted by molar-refractivity contribution is 4.79. The van der Waals surface area contributed by atoms with E-state index in [-0.39, 0.29) is 12.2 Å². The molecule has 0 aliphatic rings. The van der Waals surface area contributed by atoms with E-state index in [4.69, 9.17) is 10.2 Å². The molecule has 0 aliphatic heterocycles. The van der Waals surface area contributed by atoms with Crippen LogP contribution in [-0.2, 0) is 0 Å². The molecule has 0 aliphatic carbocycles. The van der Waals surface area contributed by atoms with Crippen LogP contribution in [-0.4, -0.2) is 22.4 Å². The van der Waals surface area contributed by atoms with Crippen LogP contribution >= 0.6 is 0 Å². The Morgan fingerprint density at radius 2 is 1.23 bits per heavy atom. The van der Waals surface area contributed by atoms with E-state index < -0.39 is 0 Å². The minimum atomic E-state index is -0.371. The van der Waals surface area contributed by atoms with Gasteiger partial charge in [-0.25, -0.2) is 0 Å². The Bertz CT molecular complexity index is 127. The monoisotopic (exact) mass is 184 g/mol. The van der Waals surface area contributed by atoms with Crippen molar-refractivity contribution in [2.24, 2.45) is 0 Å². The number of unbranched alkanes of at least 4 members (excludes halogenated alkanes) is 2. The molecule has 0 aromatic rings. The summed E-state index contributed by atoms with van der Waals surface area (Å²) in [6.07, 6.45) is 6.91. The summed E-state index contributed by atoms with van der Waals surface area (Å²) in [6.45, 7) is 7.00. The Kier molecular flexibility index (Phi) is 7.65. The molecule has 0 heterocycles. The van der Waals surface area contributed by atoms with Gasteiger partial charge in [0.25, 0.3) is 0 Å². The van der Waals surface area contributed by atoms with Gasteiger partial charge in [-0.15, -0.1) is 13.2 Å². The predicted molar refractivity (Wildman–Crippen MR) is 55.5 cm³/mol. The SMILES string of the molecule is C=CC(O)CCCCCC(O)C=C. The first-order valence-electron chi connectivity index (χ1n) is 4.82. The van der Waals surface area contributed by atoms with Crippen LogP contribution in [0, 0.1) is 0 Å². The largest absolute Gasteiger partial charge is 0.389 e. The summed E-state index contributed by atoms with van der Waals surface area (Å²) in [5, 5.41) is 18.3. The normalized spacial score (nSPS) is 14.9. The second kappa shape index (κ2) is 8.02. The molecule has 0 spiro atoms. The van der Waals surface area contributed by atoms with Crippen molar-refractivity contribution in [3.05, 3.63) is 25.3 Å². The lowest BCUT2D eigenvalue weighted by Crippen LogP contribution is -2.02. The van der Waals surface area contributed by atoms with Gasteiger partial charge >= 0.3 is 0 Å². The summed E-state index contributed by atoms with van der Waals surface area (Å²) < 4.78 is 0. The highest BCUT2D eigenvalue weighted by Crippen LogP contribution is 2.08. The minimum absolute atomic E-state index is 0.371. The van der Waals surface area contributed by atoms with Gasteiger partial charge in [0.2, 0.25) is 0 Å². The topological polar surface area (TPSA) is 40.5 Å². The van der Waals surface area contributed by atoms with Gasteiger partial charge in [-0.2, -0.15) is 0 Å². The molecule has 0 saturated carbocycles. The first-order chi connectivity index (χ1) is 6.20. The van der Waals surface area contributed by atoms with Crippen molar-refractivity contribution >= 4 is 0 Å². The maximum atomic E-state index is 9.13. The smallest absolute Gasteiger partial charge is 0.0718 e. The van der Waals surface area contributed by atoms with Crippen molar-refractivity contribution in [3.63, 3.8) is 0 Å². The molecule has 0 fully saturated rings. The number of aliphatic hydroxyl groups excluding tert-OH is 2. The first kappa shape index (κ1) is 12.4. The number of hydrogen-bond acceptors (Lipinski definition) is 2. The maximum Gasteiger partial charge on any atom is 0.0718 e. The van der Waals surface area contributed by atoms with E-state index in [9.17, 15) is 0 Å². The lowest BCUT2D eigenvalue weighted by Gasteiger charge is -2.06.